The molecule has 2 rings (SSSR count). The Balaban J connectivity index is 1.92. The number of aliphatic hydroxyl groups excluding tert-OH is 1. The van der Waals surface area contributed by atoms with E-state index in [0.29, 0.717) is 12.1 Å². The van der Waals surface area contributed by atoms with Gasteiger partial charge >= 0.3 is 0 Å². The molecule has 0 aromatic heterocycles. The zero-order chi connectivity index (χ0) is 10.1. The second-order valence-corrected chi connectivity index (χ2v) is 4.90. The number of hydrogen-bond donors (Lipinski definition) is 2. The topological polar surface area (TPSA) is 35.5 Å². The Hall–Kier alpha value is -0.120. The van der Waals surface area contributed by atoms with E-state index in [1.165, 1.54) is 25.9 Å². The van der Waals surface area contributed by atoms with Crippen LogP contribution in [0.5, 0.6) is 0 Å². The zero-order valence-electron chi connectivity index (χ0n) is 9.24. The molecule has 0 aromatic rings. The molecule has 0 aromatic carbocycles. The average molecular weight is 198 g/mol. The maximum Gasteiger partial charge on any atom is 0.0664 e. The SMILES string of the molecule is CC(O)C(C)N1C[C@@H]2CCCN[C@@H]2C1. The minimum atomic E-state index is -0.213. The number of hydrogen-bond acceptors (Lipinski definition) is 3. The molecular weight excluding hydrogens is 176 g/mol. The highest BCUT2D eigenvalue weighted by Crippen LogP contribution is 2.26. The Labute approximate surface area is 86.5 Å². The molecule has 2 unspecified atom stereocenters. The van der Waals surface area contributed by atoms with Gasteiger partial charge in [-0.05, 0) is 39.2 Å². The quantitative estimate of drug-likeness (QED) is 0.676. The predicted molar refractivity (Wildman–Crippen MR) is 57.2 cm³/mol. The van der Waals surface area contributed by atoms with E-state index in [9.17, 15) is 5.11 Å². The molecule has 3 heteroatoms. The van der Waals surface area contributed by atoms with E-state index < -0.39 is 0 Å². The van der Waals surface area contributed by atoms with E-state index in [-0.39, 0.29) is 6.10 Å². The number of likely N-dealkylation sites (tertiary alicyclic amines) is 1. The maximum atomic E-state index is 9.55. The molecule has 0 bridgehead atoms. The number of fused-ring (bicyclic) bond motifs is 1. The molecule has 2 aliphatic rings. The fourth-order valence-electron chi connectivity index (χ4n) is 2.72. The van der Waals surface area contributed by atoms with Gasteiger partial charge in [0.2, 0.25) is 0 Å². The lowest BCUT2D eigenvalue weighted by molar-refractivity contribution is 0.0828. The normalized spacial score (nSPS) is 37.9. The van der Waals surface area contributed by atoms with Crippen LogP contribution in [0.25, 0.3) is 0 Å². The van der Waals surface area contributed by atoms with Gasteiger partial charge in [-0.3, -0.25) is 4.90 Å². The number of aliphatic hydroxyl groups is 1. The molecular formula is C11H22N2O. The largest absolute Gasteiger partial charge is 0.392 e. The van der Waals surface area contributed by atoms with E-state index in [4.69, 9.17) is 0 Å². The first kappa shape index (κ1) is 10.4. The van der Waals surface area contributed by atoms with Gasteiger partial charge in [-0.15, -0.1) is 0 Å². The maximum absolute atomic E-state index is 9.55. The van der Waals surface area contributed by atoms with E-state index in [1.807, 2.05) is 6.92 Å². The van der Waals surface area contributed by atoms with E-state index >= 15 is 0 Å². The van der Waals surface area contributed by atoms with Gasteiger partial charge in [-0.2, -0.15) is 0 Å². The summed E-state index contributed by atoms with van der Waals surface area (Å²) in [6.07, 6.45) is 2.47. The third-order valence-corrected chi connectivity index (χ3v) is 3.90. The smallest absolute Gasteiger partial charge is 0.0664 e. The van der Waals surface area contributed by atoms with Gasteiger partial charge in [0.15, 0.2) is 0 Å². The molecule has 2 heterocycles. The van der Waals surface area contributed by atoms with Gasteiger partial charge in [0.25, 0.3) is 0 Å². The summed E-state index contributed by atoms with van der Waals surface area (Å²) in [5, 5.41) is 13.1. The molecule has 0 saturated carbocycles. The summed E-state index contributed by atoms with van der Waals surface area (Å²) in [7, 11) is 0. The summed E-state index contributed by atoms with van der Waals surface area (Å²) in [6.45, 7) is 7.49. The standard InChI is InChI=1S/C11H22N2O/c1-8(9(2)14)13-6-10-4-3-5-12-11(10)7-13/h8-12,14H,3-7H2,1-2H3/t8?,9?,10-,11+/m0/s1. The van der Waals surface area contributed by atoms with Crippen LogP contribution in [0.2, 0.25) is 0 Å². The molecule has 2 fully saturated rings. The van der Waals surface area contributed by atoms with Crippen molar-refractivity contribution in [1.29, 1.82) is 0 Å². The van der Waals surface area contributed by atoms with Gasteiger partial charge < -0.3 is 10.4 Å². The van der Waals surface area contributed by atoms with Crippen LogP contribution < -0.4 is 5.32 Å². The molecule has 3 nitrogen and oxygen atoms in total. The van der Waals surface area contributed by atoms with Gasteiger partial charge in [-0.25, -0.2) is 0 Å². The van der Waals surface area contributed by atoms with Crippen molar-refractivity contribution in [2.45, 2.75) is 44.9 Å². The molecule has 0 aliphatic carbocycles. The van der Waals surface area contributed by atoms with Crippen molar-refractivity contribution in [3.63, 3.8) is 0 Å². The van der Waals surface area contributed by atoms with E-state index in [0.717, 1.165) is 12.5 Å². The number of piperidine rings is 1. The summed E-state index contributed by atoms with van der Waals surface area (Å²) < 4.78 is 0. The first-order valence-corrected chi connectivity index (χ1v) is 5.84. The zero-order valence-corrected chi connectivity index (χ0v) is 9.24. The Morgan fingerprint density at radius 2 is 2.14 bits per heavy atom. The lowest BCUT2D eigenvalue weighted by Gasteiger charge is -2.26. The Morgan fingerprint density at radius 3 is 2.79 bits per heavy atom. The first-order valence-electron chi connectivity index (χ1n) is 5.84. The number of rotatable bonds is 2. The monoisotopic (exact) mass is 198 g/mol. The minimum absolute atomic E-state index is 0.213. The molecule has 82 valence electrons. The highest BCUT2D eigenvalue weighted by atomic mass is 16.3. The molecule has 2 saturated heterocycles. The van der Waals surface area contributed by atoms with Gasteiger partial charge in [0, 0.05) is 25.2 Å². The molecule has 0 amide bonds. The summed E-state index contributed by atoms with van der Waals surface area (Å²) in [4.78, 5) is 2.43. The summed E-state index contributed by atoms with van der Waals surface area (Å²) in [5.41, 5.74) is 0. The van der Waals surface area contributed by atoms with Gasteiger partial charge in [-0.1, -0.05) is 0 Å². The lowest BCUT2D eigenvalue weighted by atomic mass is 9.94. The molecule has 0 radical (unpaired) electrons. The van der Waals surface area contributed by atoms with Crippen LogP contribution in [0.1, 0.15) is 26.7 Å². The van der Waals surface area contributed by atoms with Crippen molar-refractivity contribution in [1.82, 2.24) is 10.2 Å². The molecule has 2 N–H and O–H groups in total. The van der Waals surface area contributed by atoms with Crippen molar-refractivity contribution in [3.8, 4) is 0 Å². The third-order valence-electron chi connectivity index (χ3n) is 3.90. The Bertz CT molecular complexity index is 182. The van der Waals surface area contributed by atoms with E-state index in [2.05, 4.69) is 17.1 Å². The van der Waals surface area contributed by atoms with Crippen LogP contribution in [0.15, 0.2) is 0 Å². The Kier molecular flexibility index (Phi) is 3.10. The third kappa shape index (κ3) is 1.95. The van der Waals surface area contributed by atoms with Crippen LogP contribution in [0, 0.1) is 5.92 Å². The summed E-state index contributed by atoms with van der Waals surface area (Å²) in [6, 6.07) is 0.993. The number of nitrogens with one attached hydrogen (secondary N) is 1. The second kappa shape index (κ2) is 4.17. The van der Waals surface area contributed by atoms with Crippen molar-refractivity contribution in [2.75, 3.05) is 19.6 Å². The van der Waals surface area contributed by atoms with Crippen molar-refractivity contribution in [3.05, 3.63) is 0 Å². The first-order chi connectivity index (χ1) is 6.68. The van der Waals surface area contributed by atoms with Crippen LogP contribution in [0.3, 0.4) is 0 Å². The molecule has 4 atom stereocenters. The Morgan fingerprint density at radius 1 is 1.36 bits per heavy atom. The molecule has 0 spiro atoms. The molecule has 14 heavy (non-hydrogen) atoms. The molecule has 2 aliphatic heterocycles. The fraction of sp³-hybridized carbons (Fsp3) is 1.00. The van der Waals surface area contributed by atoms with Crippen LogP contribution in [0.4, 0.5) is 0 Å². The average Bonchev–Trinajstić information content (AvgIpc) is 2.59. The van der Waals surface area contributed by atoms with Crippen LogP contribution in [-0.2, 0) is 0 Å². The van der Waals surface area contributed by atoms with Crippen molar-refractivity contribution in [2.24, 2.45) is 5.92 Å². The van der Waals surface area contributed by atoms with Gasteiger partial charge in [0.1, 0.15) is 0 Å². The highest BCUT2D eigenvalue weighted by molar-refractivity contribution is 4.94. The van der Waals surface area contributed by atoms with Gasteiger partial charge in [0.05, 0.1) is 6.10 Å². The predicted octanol–water partition coefficient (Wildman–Crippen LogP) is 0.439. The number of nitrogens with zero attached hydrogens (tertiary/aromatic N) is 1. The van der Waals surface area contributed by atoms with Crippen LogP contribution >= 0.6 is 0 Å². The highest BCUT2D eigenvalue weighted by Gasteiger charge is 2.36. The summed E-state index contributed by atoms with van der Waals surface area (Å²) >= 11 is 0. The minimum Gasteiger partial charge on any atom is -0.392 e. The van der Waals surface area contributed by atoms with E-state index in [1.54, 1.807) is 0 Å². The van der Waals surface area contributed by atoms with Crippen molar-refractivity contribution < 1.29 is 5.11 Å². The summed E-state index contributed by atoms with van der Waals surface area (Å²) in [5.74, 6) is 0.824. The lowest BCUT2D eigenvalue weighted by Crippen LogP contribution is -2.42. The van der Waals surface area contributed by atoms with Crippen LogP contribution in [-0.4, -0.2) is 47.8 Å². The second-order valence-electron chi connectivity index (χ2n) is 4.90. The fourth-order valence-corrected chi connectivity index (χ4v) is 2.72. The van der Waals surface area contributed by atoms with Crippen molar-refractivity contribution >= 4 is 0 Å².